The fraction of sp³-hybridized carbons (Fsp3) is 0.500. The first-order chi connectivity index (χ1) is 16.2. The molecular formula is C24H30N4O6. The van der Waals surface area contributed by atoms with Crippen molar-refractivity contribution in [2.24, 2.45) is 5.92 Å². The minimum absolute atomic E-state index is 0.0395. The van der Waals surface area contributed by atoms with Gasteiger partial charge in [0.2, 0.25) is 12.7 Å². The van der Waals surface area contributed by atoms with Gasteiger partial charge in [-0.3, -0.25) is 14.3 Å². The third-order valence-corrected chi connectivity index (χ3v) is 6.06. The van der Waals surface area contributed by atoms with E-state index in [1.807, 2.05) is 12.1 Å². The molecule has 182 valence electrons. The summed E-state index contributed by atoms with van der Waals surface area (Å²) in [6.45, 7) is 8.69. The highest BCUT2D eigenvalue weighted by Gasteiger charge is 2.48. The molecule has 4 rings (SSSR count). The number of nitrogens with zero attached hydrogens (tertiary/aromatic N) is 3. The van der Waals surface area contributed by atoms with Gasteiger partial charge in [-0.2, -0.15) is 5.10 Å². The number of carbonyl (C=O) groups excluding carboxylic acids is 3. The molecule has 0 radical (unpaired) electrons. The minimum atomic E-state index is -1.23. The molecule has 34 heavy (non-hydrogen) atoms. The van der Waals surface area contributed by atoms with E-state index in [-0.39, 0.29) is 43.8 Å². The second kappa shape index (κ2) is 9.36. The maximum Gasteiger partial charge on any atom is 0.358 e. The van der Waals surface area contributed by atoms with Gasteiger partial charge < -0.3 is 24.4 Å². The van der Waals surface area contributed by atoms with E-state index in [9.17, 15) is 14.4 Å². The predicted octanol–water partition coefficient (Wildman–Crippen LogP) is 2.37. The number of nitrogens with one attached hydrogen (secondary N) is 1. The Morgan fingerprint density at radius 2 is 2.00 bits per heavy atom. The summed E-state index contributed by atoms with van der Waals surface area (Å²) < 4.78 is 17.3. The van der Waals surface area contributed by atoms with Crippen molar-refractivity contribution in [3.05, 3.63) is 41.2 Å². The number of hydrogen-bond acceptors (Lipinski definition) is 7. The standard InChI is InChI=1S/C24H30N4O6/c1-5-32-22(30)17-11-18-21(29)27(12-16-6-7-19-20(10-16)34-14-33-19)24(4,13-28(18)26-17)23(31)25-9-8-15(2)3/h6-7,10-11,15H,5,8-9,12-14H2,1-4H3,(H,25,31). The van der Waals surface area contributed by atoms with Crippen LogP contribution in [-0.4, -0.2) is 57.9 Å². The Morgan fingerprint density at radius 3 is 2.74 bits per heavy atom. The highest BCUT2D eigenvalue weighted by molar-refractivity contribution is 6.01. The number of rotatable bonds is 8. The molecule has 0 saturated carbocycles. The van der Waals surface area contributed by atoms with E-state index in [4.69, 9.17) is 14.2 Å². The number of hydrogen-bond donors (Lipinski definition) is 1. The van der Waals surface area contributed by atoms with Crippen LogP contribution in [0.3, 0.4) is 0 Å². The first-order valence-corrected chi connectivity index (χ1v) is 11.5. The van der Waals surface area contributed by atoms with Gasteiger partial charge >= 0.3 is 5.97 Å². The first kappa shape index (κ1) is 23.6. The van der Waals surface area contributed by atoms with Gasteiger partial charge in [0, 0.05) is 19.2 Å². The van der Waals surface area contributed by atoms with E-state index in [2.05, 4.69) is 24.3 Å². The Bertz CT molecular complexity index is 1110. The molecule has 1 N–H and O–H groups in total. The maximum absolute atomic E-state index is 13.6. The summed E-state index contributed by atoms with van der Waals surface area (Å²) in [6, 6.07) is 6.86. The number of carbonyl (C=O) groups is 3. The summed E-state index contributed by atoms with van der Waals surface area (Å²) in [6.07, 6.45) is 0.817. The molecule has 2 aliphatic heterocycles. The second-order valence-electron chi connectivity index (χ2n) is 9.08. The first-order valence-electron chi connectivity index (χ1n) is 11.5. The summed E-state index contributed by atoms with van der Waals surface area (Å²) in [5.74, 6) is 0.382. The number of esters is 1. The Kier molecular flexibility index (Phi) is 6.49. The van der Waals surface area contributed by atoms with Gasteiger partial charge in [0.15, 0.2) is 17.2 Å². The fourth-order valence-electron chi connectivity index (χ4n) is 4.08. The van der Waals surface area contributed by atoms with Crippen molar-refractivity contribution in [1.29, 1.82) is 0 Å². The molecule has 0 saturated heterocycles. The van der Waals surface area contributed by atoms with Crippen LogP contribution < -0.4 is 14.8 Å². The Hall–Kier alpha value is -3.56. The summed E-state index contributed by atoms with van der Waals surface area (Å²) in [5.41, 5.74) is -0.165. The second-order valence-corrected chi connectivity index (χ2v) is 9.08. The summed E-state index contributed by atoms with van der Waals surface area (Å²) in [7, 11) is 0. The smallest absolute Gasteiger partial charge is 0.358 e. The molecule has 10 heteroatoms. The summed E-state index contributed by atoms with van der Waals surface area (Å²) in [5, 5.41) is 7.25. The molecule has 1 atom stereocenters. The van der Waals surface area contributed by atoms with Crippen LogP contribution in [0.4, 0.5) is 0 Å². The van der Waals surface area contributed by atoms with Crippen molar-refractivity contribution in [1.82, 2.24) is 20.0 Å². The van der Waals surface area contributed by atoms with E-state index in [0.717, 1.165) is 12.0 Å². The topological polar surface area (TPSA) is 112 Å². The van der Waals surface area contributed by atoms with E-state index in [1.165, 1.54) is 15.6 Å². The summed E-state index contributed by atoms with van der Waals surface area (Å²) in [4.78, 5) is 40.8. The van der Waals surface area contributed by atoms with Crippen LogP contribution >= 0.6 is 0 Å². The van der Waals surface area contributed by atoms with Crippen LogP contribution in [0.15, 0.2) is 24.3 Å². The average molecular weight is 471 g/mol. The van der Waals surface area contributed by atoms with Crippen molar-refractivity contribution < 1.29 is 28.6 Å². The normalized spacial score (nSPS) is 18.7. The third-order valence-electron chi connectivity index (χ3n) is 6.06. The molecule has 10 nitrogen and oxygen atoms in total. The van der Waals surface area contributed by atoms with Gasteiger partial charge in [0.1, 0.15) is 11.2 Å². The SMILES string of the molecule is CCOC(=O)c1cc2n(n1)CC(C)(C(=O)NCCC(C)C)N(Cc1ccc3c(c1)OCO3)C2=O. The van der Waals surface area contributed by atoms with Crippen molar-refractivity contribution in [3.63, 3.8) is 0 Å². The molecular weight excluding hydrogens is 440 g/mol. The van der Waals surface area contributed by atoms with E-state index < -0.39 is 17.4 Å². The quantitative estimate of drug-likeness (QED) is 0.590. The maximum atomic E-state index is 13.6. The zero-order chi connectivity index (χ0) is 24.5. The van der Waals surface area contributed by atoms with Crippen LogP contribution in [-0.2, 0) is 22.6 Å². The average Bonchev–Trinajstić information content (AvgIpc) is 3.43. The minimum Gasteiger partial charge on any atom is -0.461 e. The van der Waals surface area contributed by atoms with Crippen LogP contribution in [0.5, 0.6) is 11.5 Å². The molecule has 1 unspecified atom stereocenters. The van der Waals surface area contributed by atoms with Crippen LogP contribution in [0.2, 0.25) is 0 Å². The van der Waals surface area contributed by atoms with Crippen LogP contribution in [0, 0.1) is 5.92 Å². The molecule has 2 aliphatic rings. The third kappa shape index (κ3) is 4.44. The van der Waals surface area contributed by atoms with Crippen LogP contribution in [0.1, 0.15) is 60.7 Å². The zero-order valence-electron chi connectivity index (χ0n) is 19.9. The van der Waals surface area contributed by atoms with Gasteiger partial charge in [0.25, 0.3) is 5.91 Å². The van der Waals surface area contributed by atoms with Crippen LogP contribution in [0.25, 0.3) is 0 Å². The van der Waals surface area contributed by atoms with Gasteiger partial charge in [-0.05, 0) is 43.9 Å². The highest BCUT2D eigenvalue weighted by Crippen LogP contribution is 2.35. The lowest BCUT2D eigenvalue weighted by Gasteiger charge is -2.43. The molecule has 0 fully saturated rings. The van der Waals surface area contributed by atoms with Gasteiger partial charge in [-0.25, -0.2) is 4.79 Å². The van der Waals surface area contributed by atoms with Gasteiger partial charge in [-0.15, -0.1) is 0 Å². The number of aromatic nitrogens is 2. The number of amides is 2. The lowest BCUT2D eigenvalue weighted by molar-refractivity contribution is -0.133. The van der Waals surface area contributed by atoms with Gasteiger partial charge in [-0.1, -0.05) is 19.9 Å². The van der Waals surface area contributed by atoms with Crippen molar-refractivity contribution in [2.75, 3.05) is 19.9 Å². The Morgan fingerprint density at radius 1 is 1.24 bits per heavy atom. The Labute approximate surface area is 198 Å². The van der Waals surface area contributed by atoms with E-state index >= 15 is 0 Å². The van der Waals surface area contributed by atoms with E-state index in [0.29, 0.717) is 24.0 Å². The van der Waals surface area contributed by atoms with Crippen molar-refractivity contribution >= 4 is 17.8 Å². The number of ether oxygens (including phenoxy) is 3. The monoisotopic (exact) mass is 470 g/mol. The highest BCUT2D eigenvalue weighted by atomic mass is 16.7. The molecule has 1 aromatic carbocycles. The Balaban J connectivity index is 1.67. The predicted molar refractivity (Wildman–Crippen MR) is 121 cm³/mol. The number of benzene rings is 1. The van der Waals surface area contributed by atoms with E-state index in [1.54, 1.807) is 19.9 Å². The largest absolute Gasteiger partial charge is 0.461 e. The molecule has 0 aliphatic carbocycles. The molecule has 2 aromatic rings. The van der Waals surface area contributed by atoms with Gasteiger partial charge in [0.05, 0.1) is 13.2 Å². The molecule has 0 bridgehead atoms. The summed E-state index contributed by atoms with van der Waals surface area (Å²) >= 11 is 0. The lowest BCUT2D eigenvalue weighted by atomic mass is 9.94. The van der Waals surface area contributed by atoms with Crippen molar-refractivity contribution in [3.8, 4) is 11.5 Å². The number of fused-ring (bicyclic) bond motifs is 2. The molecule has 2 amide bonds. The molecule has 0 spiro atoms. The lowest BCUT2D eigenvalue weighted by Crippen LogP contribution is -2.63. The van der Waals surface area contributed by atoms with Crippen molar-refractivity contribution in [2.45, 2.75) is 52.7 Å². The molecule has 3 heterocycles. The zero-order valence-corrected chi connectivity index (χ0v) is 19.9. The molecule has 1 aromatic heterocycles. The fourth-order valence-corrected chi connectivity index (χ4v) is 4.08.